The first-order valence-corrected chi connectivity index (χ1v) is 4.84. The molecule has 0 radical (unpaired) electrons. The van der Waals surface area contributed by atoms with Crippen LogP contribution in [0.3, 0.4) is 0 Å². The summed E-state index contributed by atoms with van der Waals surface area (Å²) in [7, 11) is 1.60. The lowest BCUT2D eigenvalue weighted by Crippen LogP contribution is -2.13. The molecule has 82 valence electrons. The van der Waals surface area contributed by atoms with E-state index in [1.165, 1.54) is 0 Å². The van der Waals surface area contributed by atoms with Gasteiger partial charge in [0.15, 0.2) is 0 Å². The summed E-state index contributed by atoms with van der Waals surface area (Å²) in [4.78, 5) is 11.2. The van der Waals surface area contributed by atoms with E-state index < -0.39 is 6.09 Å². The Bertz CT molecular complexity index is 308. The summed E-state index contributed by atoms with van der Waals surface area (Å²) in [5, 5.41) is 2.61. The van der Waals surface area contributed by atoms with Crippen molar-refractivity contribution in [1.82, 2.24) is 0 Å². The minimum atomic E-state index is -0.429. The number of carbonyl (C=O) groups excluding carboxylic acids is 1. The molecule has 1 rings (SSSR count). The average molecular weight is 209 g/mol. The van der Waals surface area contributed by atoms with Gasteiger partial charge in [-0.2, -0.15) is 0 Å². The van der Waals surface area contributed by atoms with E-state index in [4.69, 9.17) is 9.47 Å². The minimum absolute atomic E-state index is 0.429. The van der Waals surface area contributed by atoms with Gasteiger partial charge in [-0.05, 0) is 30.7 Å². The molecule has 1 amide bonds. The highest BCUT2D eigenvalue weighted by Crippen LogP contribution is 2.14. The number of nitrogens with one attached hydrogen (secondary N) is 1. The molecule has 1 N–H and O–H groups in total. The molecule has 0 bridgehead atoms. The predicted octanol–water partition coefficient (Wildman–Crippen LogP) is 2.65. The van der Waals surface area contributed by atoms with Gasteiger partial charge in [0.2, 0.25) is 0 Å². The van der Waals surface area contributed by atoms with Crippen molar-refractivity contribution in [3.05, 3.63) is 24.3 Å². The van der Waals surface area contributed by atoms with Crippen LogP contribution in [0.4, 0.5) is 10.5 Å². The monoisotopic (exact) mass is 209 g/mol. The van der Waals surface area contributed by atoms with E-state index >= 15 is 0 Å². The van der Waals surface area contributed by atoms with Gasteiger partial charge in [0.25, 0.3) is 0 Å². The zero-order chi connectivity index (χ0) is 11.1. The summed E-state index contributed by atoms with van der Waals surface area (Å²) in [6.45, 7) is 2.38. The molecular formula is C11H15NO3. The molecule has 0 aromatic heterocycles. The molecule has 4 heteroatoms. The number of ether oxygens (including phenoxy) is 2. The van der Waals surface area contributed by atoms with Crippen molar-refractivity contribution in [2.45, 2.75) is 13.3 Å². The van der Waals surface area contributed by atoms with Gasteiger partial charge in [0.05, 0.1) is 13.7 Å². The Labute approximate surface area is 89.2 Å². The molecule has 0 fully saturated rings. The molecular weight excluding hydrogens is 194 g/mol. The highest BCUT2D eigenvalue weighted by atomic mass is 16.5. The number of benzene rings is 1. The number of methoxy groups -OCH3 is 1. The summed E-state index contributed by atoms with van der Waals surface area (Å²) < 4.78 is 9.87. The number of anilines is 1. The van der Waals surface area contributed by atoms with Gasteiger partial charge in [-0.3, -0.25) is 5.32 Å². The number of amides is 1. The lowest BCUT2D eigenvalue weighted by Gasteiger charge is -2.06. The van der Waals surface area contributed by atoms with Gasteiger partial charge >= 0.3 is 6.09 Å². The first-order valence-electron chi connectivity index (χ1n) is 4.84. The van der Waals surface area contributed by atoms with Crippen molar-refractivity contribution < 1.29 is 14.3 Å². The van der Waals surface area contributed by atoms with Crippen LogP contribution in [0.2, 0.25) is 0 Å². The van der Waals surface area contributed by atoms with Gasteiger partial charge in [-0.25, -0.2) is 4.79 Å². The summed E-state index contributed by atoms with van der Waals surface area (Å²) in [5.74, 6) is 0.752. The van der Waals surface area contributed by atoms with E-state index in [0.717, 1.165) is 12.2 Å². The number of rotatable bonds is 4. The van der Waals surface area contributed by atoms with Gasteiger partial charge in [-0.15, -0.1) is 0 Å². The Morgan fingerprint density at radius 2 is 2.00 bits per heavy atom. The molecule has 0 saturated heterocycles. The molecule has 0 heterocycles. The third-order valence-electron chi connectivity index (χ3n) is 1.77. The number of hydrogen-bond acceptors (Lipinski definition) is 3. The van der Waals surface area contributed by atoms with Crippen LogP contribution in [0, 0.1) is 0 Å². The highest BCUT2D eigenvalue weighted by molar-refractivity contribution is 5.84. The van der Waals surface area contributed by atoms with Crippen LogP contribution in [0.15, 0.2) is 24.3 Å². The second kappa shape index (κ2) is 5.90. The Balaban J connectivity index is 2.46. The third-order valence-corrected chi connectivity index (χ3v) is 1.77. The SMILES string of the molecule is CCCOC(=O)Nc1ccc(OC)cc1. The standard InChI is InChI=1S/C11H15NO3/c1-3-8-15-11(13)12-9-4-6-10(14-2)7-5-9/h4-7H,3,8H2,1-2H3,(H,12,13). The molecule has 15 heavy (non-hydrogen) atoms. The normalized spacial score (nSPS) is 9.47. The topological polar surface area (TPSA) is 47.6 Å². The van der Waals surface area contributed by atoms with E-state index in [2.05, 4.69) is 5.32 Å². The van der Waals surface area contributed by atoms with E-state index in [-0.39, 0.29) is 0 Å². The zero-order valence-electron chi connectivity index (χ0n) is 8.95. The largest absolute Gasteiger partial charge is 0.497 e. The van der Waals surface area contributed by atoms with Crippen molar-refractivity contribution in [3.8, 4) is 5.75 Å². The second-order valence-corrected chi connectivity index (χ2v) is 2.99. The fourth-order valence-corrected chi connectivity index (χ4v) is 1.02. The molecule has 1 aromatic rings. The summed E-state index contributed by atoms with van der Waals surface area (Å²) >= 11 is 0. The van der Waals surface area contributed by atoms with Crippen LogP contribution in [-0.4, -0.2) is 19.8 Å². The van der Waals surface area contributed by atoms with Gasteiger partial charge < -0.3 is 9.47 Å². The lowest BCUT2D eigenvalue weighted by atomic mass is 10.3. The third kappa shape index (κ3) is 3.89. The Hall–Kier alpha value is -1.71. The quantitative estimate of drug-likeness (QED) is 0.829. The molecule has 0 aliphatic rings. The summed E-state index contributed by atoms with van der Waals surface area (Å²) in [5.41, 5.74) is 0.692. The Morgan fingerprint density at radius 1 is 1.33 bits per heavy atom. The first kappa shape index (κ1) is 11.4. The van der Waals surface area contributed by atoms with Crippen LogP contribution in [0.1, 0.15) is 13.3 Å². The first-order chi connectivity index (χ1) is 7.26. The molecule has 0 saturated carbocycles. The molecule has 0 aliphatic carbocycles. The second-order valence-electron chi connectivity index (χ2n) is 2.99. The van der Waals surface area contributed by atoms with Crippen molar-refractivity contribution >= 4 is 11.8 Å². The minimum Gasteiger partial charge on any atom is -0.497 e. The molecule has 0 unspecified atom stereocenters. The maximum atomic E-state index is 11.2. The molecule has 4 nitrogen and oxygen atoms in total. The van der Waals surface area contributed by atoms with Gasteiger partial charge in [0, 0.05) is 5.69 Å². The van der Waals surface area contributed by atoms with Crippen LogP contribution < -0.4 is 10.1 Å². The fraction of sp³-hybridized carbons (Fsp3) is 0.364. The van der Waals surface area contributed by atoms with Crippen molar-refractivity contribution in [2.75, 3.05) is 19.0 Å². The van der Waals surface area contributed by atoms with E-state index in [0.29, 0.717) is 12.3 Å². The molecule has 0 spiro atoms. The Kier molecular flexibility index (Phi) is 4.47. The van der Waals surface area contributed by atoms with E-state index in [1.54, 1.807) is 31.4 Å². The fourth-order valence-electron chi connectivity index (χ4n) is 1.02. The summed E-state index contributed by atoms with van der Waals surface area (Å²) in [6, 6.07) is 7.06. The molecule has 0 atom stereocenters. The molecule has 1 aromatic carbocycles. The lowest BCUT2D eigenvalue weighted by molar-refractivity contribution is 0.161. The van der Waals surface area contributed by atoms with Crippen LogP contribution >= 0.6 is 0 Å². The van der Waals surface area contributed by atoms with Crippen LogP contribution in [0.25, 0.3) is 0 Å². The number of hydrogen-bond donors (Lipinski definition) is 1. The smallest absolute Gasteiger partial charge is 0.411 e. The van der Waals surface area contributed by atoms with E-state index in [1.807, 2.05) is 6.92 Å². The zero-order valence-corrected chi connectivity index (χ0v) is 8.95. The highest BCUT2D eigenvalue weighted by Gasteiger charge is 2.01. The van der Waals surface area contributed by atoms with Crippen molar-refractivity contribution in [3.63, 3.8) is 0 Å². The van der Waals surface area contributed by atoms with Crippen molar-refractivity contribution in [1.29, 1.82) is 0 Å². The number of carbonyl (C=O) groups is 1. The maximum absolute atomic E-state index is 11.2. The average Bonchev–Trinajstić information content (AvgIpc) is 2.27. The maximum Gasteiger partial charge on any atom is 0.411 e. The van der Waals surface area contributed by atoms with Crippen LogP contribution in [-0.2, 0) is 4.74 Å². The molecule has 0 aliphatic heterocycles. The van der Waals surface area contributed by atoms with E-state index in [9.17, 15) is 4.79 Å². The van der Waals surface area contributed by atoms with Gasteiger partial charge in [-0.1, -0.05) is 6.92 Å². The van der Waals surface area contributed by atoms with Crippen LogP contribution in [0.5, 0.6) is 5.75 Å². The Morgan fingerprint density at radius 3 is 2.53 bits per heavy atom. The summed E-state index contributed by atoms with van der Waals surface area (Å²) in [6.07, 6.45) is 0.387. The predicted molar refractivity (Wildman–Crippen MR) is 58.3 cm³/mol. The van der Waals surface area contributed by atoms with Gasteiger partial charge in [0.1, 0.15) is 5.75 Å². The van der Waals surface area contributed by atoms with Crippen molar-refractivity contribution in [2.24, 2.45) is 0 Å².